The topological polar surface area (TPSA) is 51.2 Å². The largest absolute Gasteiger partial charge is 0.433 e. The molecular weight excluding hydrogens is 417 g/mol. The number of hydrogen-bond acceptors (Lipinski definition) is 4. The van der Waals surface area contributed by atoms with Crippen molar-refractivity contribution in [3.63, 3.8) is 0 Å². The van der Waals surface area contributed by atoms with Crippen molar-refractivity contribution in [1.29, 1.82) is 0 Å². The minimum absolute atomic E-state index is 0.0231. The Bertz CT molecular complexity index is 966. The first-order chi connectivity index (χ1) is 12.9. The van der Waals surface area contributed by atoms with Gasteiger partial charge in [0.25, 0.3) is 0 Å². The SMILES string of the molecule is O=C(Cc1csc(-c2cccc(Cl)c2)n1)Nc1ccc(OC(F)F)c(Cl)c1. The first-order valence-electron chi connectivity index (χ1n) is 7.65. The van der Waals surface area contributed by atoms with Crippen molar-refractivity contribution >= 4 is 46.1 Å². The number of nitrogens with zero attached hydrogens (tertiary/aromatic N) is 1. The van der Waals surface area contributed by atoms with Crippen LogP contribution in [0.1, 0.15) is 5.69 Å². The van der Waals surface area contributed by atoms with E-state index in [0.29, 0.717) is 16.4 Å². The Hall–Kier alpha value is -2.22. The molecule has 0 unspecified atom stereocenters. The van der Waals surface area contributed by atoms with Gasteiger partial charge in [-0.05, 0) is 30.3 Å². The summed E-state index contributed by atoms with van der Waals surface area (Å²) in [7, 11) is 0. The number of carbonyl (C=O) groups is 1. The summed E-state index contributed by atoms with van der Waals surface area (Å²) in [5, 5.41) is 5.79. The van der Waals surface area contributed by atoms with Gasteiger partial charge < -0.3 is 10.1 Å². The molecule has 3 rings (SSSR count). The number of nitrogens with one attached hydrogen (secondary N) is 1. The maximum absolute atomic E-state index is 12.2. The van der Waals surface area contributed by atoms with Crippen LogP contribution in [0.3, 0.4) is 0 Å². The van der Waals surface area contributed by atoms with Crippen LogP contribution in [0.5, 0.6) is 5.75 Å². The van der Waals surface area contributed by atoms with Crippen molar-refractivity contribution in [2.75, 3.05) is 5.32 Å². The molecule has 27 heavy (non-hydrogen) atoms. The van der Waals surface area contributed by atoms with Crippen LogP contribution in [-0.4, -0.2) is 17.5 Å². The highest BCUT2D eigenvalue weighted by Crippen LogP contribution is 2.29. The van der Waals surface area contributed by atoms with E-state index in [4.69, 9.17) is 23.2 Å². The average molecular weight is 429 g/mol. The van der Waals surface area contributed by atoms with Gasteiger partial charge >= 0.3 is 6.61 Å². The molecule has 140 valence electrons. The number of thiazole rings is 1. The number of ether oxygens (including phenoxy) is 1. The van der Waals surface area contributed by atoms with Gasteiger partial charge in [-0.25, -0.2) is 4.98 Å². The molecule has 1 N–H and O–H groups in total. The molecule has 0 atom stereocenters. The number of aromatic nitrogens is 1. The molecule has 0 aliphatic rings. The monoisotopic (exact) mass is 428 g/mol. The fourth-order valence-electron chi connectivity index (χ4n) is 2.28. The second kappa shape index (κ2) is 8.65. The molecular formula is C18H12Cl2F2N2O2S. The lowest BCUT2D eigenvalue weighted by atomic mass is 10.2. The van der Waals surface area contributed by atoms with Crippen LogP contribution < -0.4 is 10.1 Å². The summed E-state index contributed by atoms with van der Waals surface area (Å²) in [4.78, 5) is 16.6. The van der Waals surface area contributed by atoms with Gasteiger partial charge in [-0.15, -0.1) is 11.3 Å². The fraction of sp³-hybridized carbons (Fsp3) is 0.111. The molecule has 0 saturated heterocycles. The molecule has 3 aromatic rings. The van der Waals surface area contributed by atoms with Crippen LogP contribution in [0.25, 0.3) is 10.6 Å². The molecule has 0 radical (unpaired) electrons. The Morgan fingerprint density at radius 3 is 2.74 bits per heavy atom. The number of carbonyl (C=O) groups excluding carboxylic acids is 1. The van der Waals surface area contributed by atoms with E-state index in [0.717, 1.165) is 10.6 Å². The Morgan fingerprint density at radius 2 is 2.04 bits per heavy atom. The third-order valence-electron chi connectivity index (χ3n) is 3.40. The van der Waals surface area contributed by atoms with E-state index in [2.05, 4.69) is 15.0 Å². The number of hydrogen-bond donors (Lipinski definition) is 1. The van der Waals surface area contributed by atoms with Crippen molar-refractivity contribution in [1.82, 2.24) is 4.98 Å². The van der Waals surface area contributed by atoms with Crippen molar-refractivity contribution in [2.24, 2.45) is 0 Å². The zero-order valence-electron chi connectivity index (χ0n) is 13.6. The number of amides is 1. The second-order valence-corrected chi connectivity index (χ2v) is 7.10. The highest BCUT2D eigenvalue weighted by Gasteiger charge is 2.12. The van der Waals surface area contributed by atoms with E-state index in [1.807, 2.05) is 12.1 Å². The van der Waals surface area contributed by atoms with Crippen LogP contribution in [0.2, 0.25) is 10.0 Å². The highest BCUT2D eigenvalue weighted by atomic mass is 35.5. The molecule has 0 saturated carbocycles. The zero-order valence-corrected chi connectivity index (χ0v) is 15.9. The first kappa shape index (κ1) is 19.5. The average Bonchev–Trinajstić information content (AvgIpc) is 3.05. The number of anilines is 1. The molecule has 1 aromatic heterocycles. The molecule has 0 bridgehead atoms. The quantitative estimate of drug-likeness (QED) is 0.531. The lowest BCUT2D eigenvalue weighted by Crippen LogP contribution is -2.14. The van der Waals surface area contributed by atoms with Crippen molar-refractivity contribution < 1.29 is 18.3 Å². The third kappa shape index (κ3) is 5.38. The van der Waals surface area contributed by atoms with Crippen molar-refractivity contribution in [3.05, 3.63) is 63.6 Å². The Morgan fingerprint density at radius 1 is 1.22 bits per heavy atom. The van der Waals surface area contributed by atoms with E-state index in [-0.39, 0.29) is 23.1 Å². The van der Waals surface area contributed by atoms with Gasteiger partial charge in [0.15, 0.2) is 0 Å². The first-order valence-corrected chi connectivity index (χ1v) is 9.29. The van der Waals surface area contributed by atoms with E-state index >= 15 is 0 Å². The number of halogens is 4. The van der Waals surface area contributed by atoms with E-state index in [9.17, 15) is 13.6 Å². The second-order valence-electron chi connectivity index (χ2n) is 5.40. The minimum Gasteiger partial charge on any atom is -0.433 e. The molecule has 2 aromatic carbocycles. The molecule has 0 aliphatic heterocycles. The molecule has 1 amide bonds. The van der Waals surface area contributed by atoms with Gasteiger partial charge in [-0.3, -0.25) is 4.79 Å². The van der Waals surface area contributed by atoms with Gasteiger partial charge in [0.2, 0.25) is 5.91 Å². The molecule has 0 spiro atoms. The lowest BCUT2D eigenvalue weighted by molar-refractivity contribution is -0.115. The molecule has 1 heterocycles. The molecule has 9 heteroatoms. The van der Waals surface area contributed by atoms with Crippen LogP contribution in [0.4, 0.5) is 14.5 Å². The summed E-state index contributed by atoms with van der Waals surface area (Å²) in [6.07, 6.45) is 0.0595. The molecule has 0 aliphatic carbocycles. The standard InChI is InChI=1S/C18H12Cl2F2N2O2S/c19-11-3-1-2-10(6-11)17-24-13(9-27-17)8-16(25)23-12-4-5-15(14(20)7-12)26-18(21)22/h1-7,9,18H,8H2,(H,23,25). The van der Waals surface area contributed by atoms with E-state index in [1.165, 1.54) is 29.5 Å². The molecule has 4 nitrogen and oxygen atoms in total. The van der Waals surface area contributed by atoms with Gasteiger partial charge in [0.05, 0.1) is 17.1 Å². The van der Waals surface area contributed by atoms with Crippen LogP contribution in [0.15, 0.2) is 47.8 Å². The van der Waals surface area contributed by atoms with Crippen LogP contribution in [-0.2, 0) is 11.2 Å². The van der Waals surface area contributed by atoms with Crippen LogP contribution in [0, 0.1) is 0 Å². The summed E-state index contributed by atoms with van der Waals surface area (Å²) < 4.78 is 28.7. The van der Waals surface area contributed by atoms with Gasteiger partial charge in [-0.2, -0.15) is 8.78 Å². The Labute approximate surface area is 167 Å². The maximum atomic E-state index is 12.2. The number of alkyl halides is 2. The maximum Gasteiger partial charge on any atom is 0.387 e. The summed E-state index contributed by atoms with van der Waals surface area (Å²) in [5.74, 6) is -0.466. The summed E-state index contributed by atoms with van der Waals surface area (Å²) in [6, 6.07) is 11.3. The van der Waals surface area contributed by atoms with Crippen LogP contribution >= 0.6 is 34.5 Å². The number of rotatable bonds is 6. The van der Waals surface area contributed by atoms with Gasteiger partial charge in [-0.1, -0.05) is 35.3 Å². The van der Waals surface area contributed by atoms with E-state index < -0.39 is 6.61 Å². The van der Waals surface area contributed by atoms with Gasteiger partial charge in [0, 0.05) is 21.7 Å². The third-order valence-corrected chi connectivity index (χ3v) is 4.87. The molecule has 0 fully saturated rings. The zero-order chi connectivity index (χ0) is 19.4. The Balaban J connectivity index is 1.64. The minimum atomic E-state index is -2.97. The van der Waals surface area contributed by atoms with Crippen molar-refractivity contribution in [2.45, 2.75) is 13.0 Å². The van der Waals surface area contributed by atoms with Crippen molar-refractivity contribution in [3.8, 4) is 16.3 Å². The normalized spacial score (nSPS) is 10.9. The lowest BCUT2D eigenvalue weighted by Gasteiger charge is -2.09. The van der Waals surface area contributed by atoms with Gasteiger partial charge in [0.1, 0.15) is 10.8 Å². The number of benzene rings is 2. The predicted octanol–water partition coefficient (Wildman–Crippen LogP) is 5.90. The summed E-state index contributed by atoms with van der Waals surface area (Å²) in [5.41, 5.74) is 1.86. The smallest absolute Gasteiger partial charge is 0.387 e. The fourth-order valence-corrected chi connectivity index (χ4v) is 3.51. The highest BCUT2D eigenvalue weighted by molar-refractivity contribution is 7.13. The Kier molecular flexibility index (Phi) is 6.26. The van der Waals surface area contributed by atoms with E-state index in [1.54, 1.807) is 17.5 Å². The summed E-state index contributed by atoms with van der Waals surface area (Å²) >= 11 is 13.3. The predicted molar refractivity (Wildman–Crippen MR) is 103 cm³/mol. The summed E-state index contributed by atoms with van der Waals surface area (Å²) in [6.45, 7) is -2.97.